The summed E-state index contributed by atoms with van der Waals surface area (Å²) in [6.07, 6.45) is -1.65. The van der Waals surface area contributed by atoms with Gasteiger partial charge in [-0.1, -0.05) is 0 Å². The number of anilines is 2. The molecule has 0 bridgehead atoms. The van der Waals surface area contributed by atoms with Gasteiger partial charge in [-0.25, -0.2) is 0 Å². The van der Waals surface area contributed by atoms with Gasteiger partial charge in [-0.3, -0.25) is 61.1 Å². The molecule has 0 aliphatic carbocycles. The Balaban J connectivity index is 2.20. The summed E-state index contributed by atoms with van der Waals surface area (Å²) in [4.78, 5) is 65.7. The summed E-state index contributed by atoms with van der Waals surface area (Å²) >= 11 is 0. The van der Waals surface area contributed by atoms with Gasteiger partial charge in [0.1, 0.15) is 22.9 Å². The van der Waals surface area contributed by atoms with E-state index in [2.05, 4.69) is 21.7 Å². The van der Waals surface area contributed by atoms with Crippen LogP contribution in [0.5, 0.6) is 11.5 Å². The van der Waals surface area contributed by atoms with E-state index in [1.807, 2.05) is 0 Å². The third-order valence-electron chi connectivity index (χ3n) is 4.37. The summed E-state index contributed by atoms with van der Waals surface area (Å²) in [5, 5.41) is 39.9. The summed E-state index contributed by atoms with van der Waals surface area (Å²) in [6.45, 7) is 0. The number of carboxylic acid groups (broad SMARTS) is 2. The number of amides is 2. The van der Waals surface area contributed by atoms with Crippen LogP contribution >= 0.6 is 0 Å². The number of hydrazine groups is 2. The van der Waals surface area contributed by atoms with Crippen molar-refractivity contribution < 1.29 is 44.0 Å². The first kappa shape index (κ1) is 27.8. The number of aliphatic carboxylic acids is 2. The molecule has 37 heavy (non-hydrogen) atoms. The van der Waals surface area contributed by atoms with E-state index in [4.69, 9.17) is 14.9 Å². The Hall–Kier alpha value is -5.48. The number of ether oxygens (including phenoxy) is 1. The molecule has 17 heteroatoms. The molecule has 2 aromatic rings. The van der Waals surface area contributed by atoms with Crippen LogP contribution in [0.4, 0.5) is 22.7 Å². The van der Waals surface area contributed by atoms with Crippen molar-refractivity contribution in [3.8, 4) is 11.5 Å². The van der Waals surface area contributed by atoms with Gasteiger partial charge in [0.15, 0.2) is 0 Å². The van der Waals surface area contributed by atoms with E-state index in [-0.39, 0.29) is 35.7 Å². The van der Waals surface area contributed by atoms with Crippen LogP contribution in [0.15, 0.2) is 36.4 Å². The number of carbonyl (C=O) groups is 4. The van der Waals surface area contributed by atoms with Crippen molar-refractivity contribution in [2.75, 3.05) is 10.9 Å². The van der Waals surface area contributed by atoms with Crippen LogP contribution < -0.4 is 26.4 Å². The van der Waals surface area contributed by atoms with Gasteiger partial charge in [0.25, 0.3) is 11.4 Å². The highest BCUT2D eigenvalue weighted by atomic mass is 16.6. The molecule has 0 aliphatic heterocycles. The minimum atomic E-state index is -1.20. The molecule has 196 valence electrons. The summed E-state index contributed by atoms with van der Waals surface area (Å²) in [5.74, 6) is -3.85. The number of rotatable bonds is 14. The smallest absolute Gasteiger partial charge is 0.303 e. The lowest BCUT2D eigenvalue weighted by atomic mass is 10.2. The van der Waals surface area contributed by atoms with Gasteiger partial charge in [-0.15, -0.1) is 0 Å². The maximum absolute atomic E-state index is 11.7. The summed E-state index contributed by atoms with van der Waals surface area (Å²) in [7, 11) is 0. The lowest BCUT2D eigenvalue weighted by Gasteiger charge is -2.13. The Kier molecular flexibility index (Phi) is 9.63. The SMILES string of the molecule is O=C(O)CCC(=O)NNc1cc(Oc2ccc([N+](=O)[O-])c(NNC(=O)CCC(=O)O)c2)ccc1[N+](=O)[O-]. The monoisotopic (exact) mass is 520 g/mol. The zero-order valence-corrected chi connectivity index (χ0v) is 18.8. The fourth-order valence-corrected chi connectivity index (χ4v) is 2.65. The Morgan fingerprint density at radius 1 is 0.703 bits per heavy atom. The lowest BCUT2D eigenvalue weighted by molar-refractivity contribution is -0.384. The van der Waals surface area contributed by atoms with Gasteiger partial charge in [0, 0.05) is 37.1 Å². The van der Waals surface area contributed by atoms with Crippen LogP contribution in [0.3, 0.4) is 0 Å². The zero-order chi connectivity index (χ0) is 27.5. The first-order valence-corrected chi connectivity index (χ1v) is 10.2. The molecule has 0 heterocycles. The second-order valence-electron chi connectivity index (χ2n) is 7.11. The molecule has 17 nitrogen and oxygen atoms in total. The first-order valence-electron chi connectivity index (χ1n) is 10.2. The quantitative estimate of drug-likeness (QED) is 0.154. The Labute approximate surface area is 206 Å². The van der Waals surface area contributed by atoms with Crippen LogP contribution in [-0.4, -0.2) is 43.8 Å². The maximum atomic E-state index is 11.7. The molecule has 2 amide bonds. The average Bonchev–Trinajstić information content (AvgIpc) is 2.83. The summed E-state index contributed by atoms with van der Waals surface area (Å²) in [6, 6.07) is 6.87. The zero-order valence-electron chi connectivity index (χ0n) is 18.8. The number of hydrogen-bond donors (Lipinski definition) is 6. The van der Waals surface area contributed by atoms with E-state index >= 15 is 0 Å². The van der Waals surface area contributed by atoms with E-state index in [0.717, 1.165) is 24.3 Å². The largest absolute Gasteiger partial charge is 0.481 e. The molecule has 0 aromatic heterocycles. The number of nitrogens with one attached hydrogen (secondary N) is 4. The summed E-state index contributed by atoms with van der Waals surface area (Å²) < 4.78 is 5.59. The molecular weight excluding hydrogens is 500 g/mol. The predicted molar refractivity (Wildman–Crippen MR) is 124 cm³/mol. The van der Waals surface area contributed by atoms with Crippen LogP contribution in [0, 0.1) is 20.2 Å². The number of benzene rings is 2. The van der Waals surface area contributed by atoms with Crippen molar-refractivity contribution in [3.05, 3.63) is 56.6 Å². The van der Waals surface area contributed by atoms with Gasteiger partial charge < -0.3 is 14.9 Å². The van der Waals surface area contributed by atoms with Gasteiger partial charge in [-0.05, 0) is 12.1 Å². The molecule has 0 saturated carbocycles. The Morgan fingerprint density at radius 3 is 1.41 bits per heavy atom. The number of nitro benzene ring substituents is 2. The number of nitro groups is 2. The highest BCUT2D eigenvalue weighted by Gasteiger charge is 2.19. The highest BCUT2D eigenvalue weighted by molar-refractivity contribution is 5.83. The molecule has 0 fully saturated rings. The van der Waals surface area contributed by atoms with Crippen LogP contribution in [-0.2, 0) is 19.2 Å². The second kappa shape index (κ2) is 12.8. The van der Waals surface area contributed by atoms with Gasteiger partial charge in [-0.2, -0.15) is 0 Å². The second-order valence-corrected chi connectivity index (χ2v) is 7.11. The van der Waals surface area contributed by atoms with Crippen molar-refractivity contribution in [2.24, 2.45) is 0 Å². The topological polar surface area (TPSA) is 252 Å². The molecule has 0 spiro atoms. The maximum Gasteiger partial charge on any atom is 0.303 e. The fraction of sp³-hybridized carbons (Fsp3) is 0.200. The van der Waals surface area contributed by atoms with Crippen molar-refractivity contribution in [3.63, 3.8) is 0 Å². The van der Waals surface area contributed by atoms with Crippen molar-refractivity contribution in [2.45, 2.75) is 25.7 Å². The number of carboxylic acids is 2. The van der Waals surface area contributed by atoms with Crippen molar-refractivity contribution in [1.29, 1.82) is 0 Å². The minimum Gasteiger partial charge on any atom is -0.481 e. The molecule has 2 rings (SSSR count). The molecule has 0 unspecified atom stereocenters. The summed E-state index contributed by atoms with van der Waals surface area (Å²) in [5.41, 5.74) is 7.65. The molecule has 6 N–H and O–H groups in total. The van der Waals surface area contributed by atoms with E-state index in [1.165, 1.54) is 12.1 Å². The number of carbonyl (C=O) groups excluding carboxylic acids is 2. The molecule has 0 atom stereocenters. The molecule has 0 radical (unpaired) electrons. The Bertz CT molecular complexity index is 1140. The molecule has 0 aliphatic rings. The van der Waals surface area contributed by atoms with Crippen LogP contribution in [0.1, 0.15) is 25.7 Å². The normalized spacial score (nSPS) is 10.1. The van der Waals surface area contributed by atoms with Crippen LogP contribution in [0.25, 0.3) is 0 Å². The van der Waals surface area contributed by atoms with E-state index < -0.39 is 57.8 Å². The molecular formula is C20H20N6O11. The van der Waals surface area contributed by atoms with Gasteiger partial charge in [0.2, 0.25) is 11.8 Å². The minimum absolute atomic E-state index is 0.0122. The van der Waals surface area contributed by atoms with Gasteiger partial charge in [0.05, 0.1) is 22.7 Å². The molecule has 0 saturated heterocycles. The first-order chi connectivity index (χ1) is 17.5. The van der Waals surface area contributed by atoms with E-state index in [9.17, 15) is 39.4 Å². The van der Waals surface area contributed by atoms with Crippen LogP contribution in [0.2, 0.25) is 0 Å². The molecule has 2 aromatic carbocycles. The average molecular weight is 520 g/mol. The highest BCUT2D eigenvalue weighted by Crippen LogP contribution is 2.34. The number of nitrogens with zero attached hydrogens (tertiary/aromatic N) is 2. The van der Waals surface area contributed by atoms with E-state index in [1.54, 1.807) is 0 Å². The standard InChI is InChI=1S/C20H20N6O11/c27-17(5-7-19(29)30)23-21-13-9-11(1-3-15(13)25(33)34)37-12-2-4-16(26(35)36)14(10-12)22-24-18(28)6-8-20(31)32/h1-4,9-10,21-22H,5-8H2,(H,23,27)(H,24,28)(H,29,30)(H,31,32). The third-order valence-corrected chi connectivity index (χ3v) is 4.37. The predicted octanol–water partition coefficient (Wildman–Crippen LogP) is 1.91. The van der Waals surface area contributed by atoms with Crippen molar-refractivity contribution in [1.82, 2.24) is 10.9 Å². The number of hydrogen-bond acceptors (Lipinski definition) is 11. The fourth-order valence-electron chi connectivity index (χ4n) is 2.65. The van der Waals surface area contributed by atoms with E-state index in [0.29, 0.717) is 0 Å². The van der Waals surface area contributed by atoms with Gasteiger partial charge >= 0.3 is 11.9 Å². The van der Waals surface area contributed by atoms with Crippen molar-refractivity contribution >= 4 is 46.5 Å². The third kappa shape index (κ3) is 9.00. The lowest BCUT2D eigenvalue weighted by Crippen LogP contribution is -2.30. The Morgan fingerprint density at radius 2 is 1.08 bits per heavy atom.